The van der Waals surface area contributed by atoms with Gasteiger partial charge in [0.2, 0.25) is 0 Å². The minimum atomic E-state index is 0.433. The van der Waals surface area contributed by atoms with E-state index in [-0.39, 0.29) is 0 Å². The average Bonchev–Trinajstić information content (AvgIpc) is 2.46. The minimum Gasteiger partial charge on any atom is -0.356 e. The number of hydrogen-bond donors (Lipinski definition) is 1. The Balaban J connectivity index is 2.13. The smallest absolute Gasteiger partial charge is 0.128 e. The van der Waals surface area contributed by atoms with Crippen LogP contribution >= 0.6 is 11.6 Å². The molecule has 1 aliphatic rings. The lowest BCUT2D eigenvalue weighted by atomic mass is 9.85. The standard InChI is InChI=1S/C17H28ClN3/c1-12(2)19-11-15-14(18)9-10-17(20-15)21(4)16-8-6-5-7-13(16)3/h9-10,12-13,16,19H,5-8,11H2,1-4H3. The molecular formula is C17H28ClN3. The predicted molar refractivity (Wildman–Crippen MR) is 91.0 cm³/mol. The number of nitrogens with one attached hydrogen (secondary N) is 1. The molecule has 118 valence electrons. The van der Waals surface area contributed by atoms with E-state index in [2.05, 4.69) is 38.0 Å². The lowest BCUT2D eigenvalue weighted by Crippen LogP contribution is -2.39. The van der Waals surface area contributed by atoms with Crippen molar-refractivity contribution in [3.63, 3.8) is 0 Å². The summed E-state index contributed by atoms with van der Waals surface area (Å²) in [4.78, 5) is 7.13. The quantitative estimate of drug-likeness (QED) is 0.881. The lowest BCUT2D eigenvalue weighted by molar-refractivity contribution is 0.320. The van der Waals surface area contributed by atoms with Crippen LogP contribution in [0.15, 0.2) is 12.1 Å². The summed E-state index contributed by atoms with van der Waals surface area (Å²) >= 11 is 6.28. The Kier molecular flexibility index (Phi) is 5.88. The van der Waals surface area contributed by atoms with Gasteiger partial charge in [-0.25, -0.2) is 4.98 Å². The zero-order chi connectivity index (χ0) is 15.4. The van der Waals surface area contributed by atoms with Crippen LogP contribution in [0.2, 0.25) is 5.02 Å². The van der Waals surface area contributed by atoms with E-state index in [0.717, 1.165) is 29.0 Å². The van der Waals surface area contributed by atoms with Crippen molar-refractivity contribution < 1.29 is 0 Å². The van der Waals surface area contributed by atoms with Crippen molar-refractivity contribution in [2.75, 3.05) is 11.9 Å². The van der Waals surface area contributed by atoms with Gasteiger partial charge in [0.25, 0.3) is 0 Å². The highest BCUT2D eigenvalue weighted by atomic mass is 35.5. The van der Waals surface area contributed by atoms with Gasteiger partial charge in [0.15, 0.2) is 0 Å². The predicted octanol–water partition coefficient (Wildman–Crippen LogP) is 4.25. The Morgan fingerprint density at radius 3 is 2.71 bits per heavy atom. The Bertz CT molecular complexity index is 461. The summed E-state index contributed by atoms with van der Waals surface area (Å²) in [6, 6.07) is 5.05. The highest BCUT2D eigenvalue weighted by molar-refractivity contribution is 6.31. The van der Waals surface area contributed by atoms with Crippen molar-refractivity contribution >= 4 is 17.4 Å². The van der Waals surface area contributed by atoms with Crippen molar-refractivity contribution in [1.82, 2.24) is 10.3 Å². The van der Waals surface area contributed by atoms with Crippen LogP contribution in [0.5, 0.6) is 0 Å². The molecule has 0 bridgehead atoms. The van der Waals surface area contributed by atoms with Gasteiger partial charge in [-0.3, -0.25) is 0 Å². The van der Waals surface area contributed by atoms with E-state index in [1.54, 1.807) is 0 Å². The molecule has 1 aliphatic carbocycles. The molecule has 2 unspecified atom stereocenters. The van der Waals surface area contributed by atoms with Gasteiger partial charge in [0, 0.05) is 25.7 Å². The molecule has 2 rings (SSSR count). The van der Waals surface area contributed by atoms with Crippen LogP contribution in [0.25, 0.3) is 0 Å². The largest absolute Gasteiger partial charge is 0.356 e. The topological polar surface area (TPSA) is 28.2 Å². The first-order valence-corrected chi connectivity index (χ1v) is 8.48. The van der Waals surface area contributed by atoms with Crippen LogP contribution in [0, 0.1) is 5.92 Å². The van der Waals surface area contributed by atoms with E-state index >= 15 is 0 Å². The fraction of sp³-hybridized carbons (Fsp3) is 0.706. The van der Waals surface area contributed by atoms with E-state index in [4.69, 9.17) is 16.6 Å². The third-order valence-corrected chi connectivity index (χ3v) is 4.85. The van der Waals surface area contributed by atoms with E-state index in [1.165, 1.54) is 25.7 Å². The van der Waals surface area contributed by atoms with Gasteiger partial charge in [0.05, 0.1) is 10.7 Å². The van der Waals surface area contributed by atoms with E-state index in [9.17, 15) is 0 Å². The van der Waals surface area contributed by atoms with E-state index < -0.39 is 0 Å². The fourth-order valence-electron chi connectivity index (χ4n) is 3.14. The molecule has 1 heterocycles. The first-order valence-electron chi connectivity index (χ1n) is 8.10. The van der Waals surface area contributed by atoms with Gasteiger partial charge < -0.3 is 10.2 Å². The first kappa shape index (κ1) is 16.6. The summed E-state index contributed by atoms with van der Waals surface area (Å²) < 4.78 is 0. The average molecular weight is 310 g/mol. The molecule has 3 nitrogen and oxygen atoms in total. The fourth-order valence-corrected chi connectivity index (χ4v) is 3.31. The number of nitrogens with zero attached hydrogens (tertiary/aromatic N) is 2. The highest BCUT2D eigenvalue weighted by Crippen LogP contribution is 2.30. The number of hydrogen-bond acceptors (Lipinski definition) is 3. The van der Waals surface area contributed by atoms with Gasteiger partial charge >= 0.3 is 0 Å². The van der Waals surface area contributed by atoms with Crippen molar-refractivity contribution in [2.45, 2.75) is 65.1 Å². The van der Waals surface area contributed by atoms with Crippen LogP contribution in [-0.2, 0) is 6.54 Å². The van der Waals surface area contributed by atoms with Gasteiger partial charge in [-0.2, -0.15) is 0 Å². The normalized spacial score (nSPS) is 22.6. The molecule has 4 heteroatoms. The Labute approximate surface area is 134 Å². The van der Waals surface area contributed by atoms with Crippen LogP contribution in [0.1, 0.15) is 52.1 Å². The SMILES string of the molecule is CC(C)NCc1nc(N(C)C2CCCCC2C)ccc1Cl. The Hall–Kier alpha value is -0.800. The highest BCUT2D eigenvalue weighted by Gasteiger charge is 2.26. The van der Waals surface area contributed by atoms with Crippen molar-refractivity contribution in [3.05, 3.63) is 22.8 Å². The number of anilines is 1. The zero-order valence-corrected chi connectivity index (χ0v) is 14.5. The summed E-state index contributed by atoms with van der Waals surface area (Å²) in [6.07, 6.45) is 5.28. The molecule has 0 spiro atoms. The second-order valence-corrected chi connectivity index (χ2v) is 6.98. The summed E-state index contributed by atoms with van der Waals surface area (Å²) in [5, 5.41) is 4.14. The van der Waals surface area contributed by atoms with Gasteiger partial charge in [-0.05, 0) is 30.9 Å². The monoisotopic (exact) mass is 309 g/mol. The number of pyridine rings is 1. The maximum absolute atomic E-state index is 6.28. The van der Waals surface area contributed by atoms with Crippen LogP contribution in [-0.4, -0.2) is 24.1 Å². The zero-order valence-electron chi connectivity index (χ0n) is 13.7. The number of aromatic nitrogens is 1. The van der Waals surface area contributed by atoms with Crippen molar-refractivity contribution in [3.8, 4) is 0 Å². The molecule has 1 fully saturated rings. The van der Waals surface area contributed by atoms with Crippen LogP contribution in [0.4, 0.5) is 5.82 Å². The van der Waals surface area contributed by atoms with Gasteiger partial charge in [-0.15, -0.1) is 0 Å². The van der Waals surface area contributed by atoms with Crippen LogP contribution in [0.3, 0.4) is 0 Å². The Morgan fingerprint density at radius 2 is 2.05 bits per heavy atom. The molecule has 0 radical (unpaired) electrons. The molecule has 1 N–H and O–H groups in total. The Morgan fingerprint density at radius 1 is 1.33 bits per heavy atom. The summed E-state index contributed by atoms with van der Waals surface area (Å²) in [6.45, 7) is 7.34. The second-order valence-electron chi connectivity index (χ2n) is 6.57. The first-order chi connectivity index (χ1) is 9.99. The molecule has 21 heavy (non-hydrogen) atoms. The van der Waals surface area contributed by atoms with Gasteiger partial charge in [0.1, 0.15) is 5.82 Å². The van der Waals surface area contributed by atoms with Gasteiger partial charge in [-0.1, -0.05) is 45.2 Å². The lowest BCUT2D eigenvalue weighted by Gasteiger charge is -2.37. The molecular weight excluding hydrogens is 282 g/mol. The molecule has 0 saturated heterocycles. The van der Waals surface area contributed by atoms with E-state index in [1.807, 2.05) is 12.1 Å². The summed E-state index contributed by atoms with van der Waals surface area (Å²) in [7, 11) is 2.17. The van der Waals surface area contributed by atoms with Crippen LogP contribution < -0.4 is 10.2 Å². The molecule has 0 amide bonds. The molecule has 0 aromatic carbocycles. The maximum Gasteiger partial charge on any atom is 0.128 e. The third-order valence-electron chi connectivity index (χ3n) is 4.51. The van der Waals surface area contributed by atoms with Crippen molar-refractivity contribution in [2.24, 2.45) is 5.92 Å². The second kappa shape index (κ2) is 7.46. The number of halogens is 1. The molecule has 2 atom stereocenters. The number of rotatable bonds is 5. The molecule has 1 saturated carbocycles. The summed E-state index contributed by atoms with van der Waals surface area (Å²) in [5.74, 6) is 1.78. The minimum absolute atomic E-state index is 0.433. The molecule has 0 aliphatic heterocycles. The van der Waals surface area contributed by atoms with Crippen molar-refractivity contribution in [1.29, 1.82) is 0 Å². The maximum atomic E-state index is 6.28. The third kappa shape index (κ3) is 4.33. The molecule has 1 aromatic rings. The van der Waals surface area contributed by atoms with E-state index in [0.29, 0.717) is 12.1 Å². The summed E-state index contributed by atoms with van der Waals surface area (Å²) in [5.41, 5.74) is 0.943. The molecule has 1 aromatic heterocycles.